The van der Waals surface area contributed by atoms with Gasteiger partial charge in [0.1, 0.15) is 6.10 Å². The van der Waals surface area contributed by atoms with Gasteiger partial charge in [-0.15, -0.1) is 11.8 Å². The number of fused-ring (bicyclic) bond motifs is 3. The molecule has 5 nitrogen and oxygen atoms in total. The zero-order valence-electron chi connectivity index (χ0n) is 15.5. The second-order valence-corrected chi connectivity index (χ2v) is 8.11. The lowest BCUT2D eigenvalue weighted by Crippen LogP contribution is -2.60. The van der Waals surface area contributed by atoms with E-state index in [9.17, 15) is 4.79 Å². The van der Waals surface area contributed by atoms with Gasteiger partial charge in [0.25, 0.3) is 0 Å². The van der Waals surface area contributed by atoms with Crippen molar-refractivity contribution in [2.24, 2.45) is 5.92 Å². The van der Waals surface area contributed by atoms with Crippen LogP contribution in [-0.4, -0.2) is 47.5 Å². The second-order valence-electron chi connectivity index (χ2n) is 7.23. The summed E-state index contributed by atoms with van der Waals surface area (Å²) >= 11 is 1.65. The summed E-state index contributed by atoms with van der Waals surface area (Å²) in [5, 5.41) is 2.90. The van der Waals surface area contributed by atoms with Gasteiger partial charge in [0.15, 0.2) is 0 Å². The molecule has 3 saturated heterocycles. The van der Waals surface area contributed by atoms with Crippen molar-refractivity contribution in [1.29, 1.82) is 0 Å². The number of thioether (sulfide) groups is 1. The van der Waals surface area contributed by atoms with Crippen LogP contribution in [0.5, 0.6) is 0 Å². The van der Waals surface area contributed by atoms with E-state index in [0.717, 1.165) is 42.9 Å². The topological polar surface area (TPSA) is 54.5 Å². The van der Waals surface area contributed by atoms with Gasteiger partial charge < -0.3 is 4.74 Å². The third kappa shape index (κ3) is 4.28. The largest absolute Gasteiger partial charge is 0.444 e. The minimum Gasteiger partial charge on any atom is -0.444 e. The average Bonchev–Trinajstić information content (AvgIpc) is 2.71. The molecule has 3 aliphatic heterocycles. The van der Waals surface area contributed by atoms with Crippen LogP contribution in [0.3, 0.4) is 0 Å². The van der Waals surface area contributed by atoms with E-state index in [1.165, 1.54) is 5.56 Å². The maximum atomic E-state index is 12.6. The molecule has 4 heterocycles. The average molecular weight is 384 g/mol. The fourth-order valence-corrected chi connectivity index (χ4v) is 4.71. The summed E-state index contributed by atoms with van der Waals surface area (Å²) < 4.78 is 5.97. The Kier molecular flexibility index (Phi) is 5.64. The van der Waals surface area contributed by atoms with Gasteiger partial charge in [-0.2, -0.15) is 0 Å². The van der Waals surface area contributed by atoms with Crippen molar-refractivity contribution in [3.05, 3.63) is 54.4 Å². The molecule has 27 heavy (non-hydrogen) atoms. The van der Waals surface area contributed by atoms with E-state index in [0.29, 0.717) is 5.92 Å². The predicted molar refractivity (Wildman–Crippen MR) is 108 cm³/mol. The number of pyridine rings is 1. The minimum absolute atomic E-state index is 0.0727. The van der Waals surface area contributed by atoms with Crippen LogP contribution in [0.1, 0.15) is 18.4 Å². The number of carbonyl (C=O) groups is 1. The third-order valence-corrected chi connectivity index (χ3v) is 6.34. The first-order chi connectivity index (χ1) is 13.2. The number of aromatic nitrogens is 1. The SMILES string of the molecule is CSc1cccc(NC(=O)OC2C3CCN(CC3)C2Cc2cccnc2)c1. The first-order valence-corrected chi connectivity index (χ1v) is 10.7. The number of piperidine rings is 3. The number of benzene rings is 1. The van der Waals surface area contributed by atoms with E-state index in [1.807, 2.05) is 42.8 Å². The van der Waals surface area contributed by atoms with Crippen molar-refractivity contribution in [3.8, 4) is 0 Å². The van der Waals surface area contributed by atoms with Crippen molar-refractivity contribution in [2.75, 3.05) is 24.7 Å². The standard InChI is InChI=1S/C21H25N3O2S/c1-27-18-6-2-5-17(13-18)23-21(25)26-20-16-7-10-24(11-8-16)19(20)12-15-4-3-9-22-14-15/h2-6,9,13-14,16,19-20H,7-8,10-12H2,1H3,(H,23,25). The van der Waals surface area contributed by atoms with Gasteiger partial charge in [0.05, 0.1) is 6.04 Å². The van der Waals surface area contributed by atoms with E-state index in [1.54, 1.807) is 18.0 Å². The molecule has 1 aromatic carbocycles. The molecule has 5 rings (SSSR count). The van der Waals surface area contributed by atoms with Gasteiger partial charge >= 0.3 is 6.09 Å². The van der Waals surface area contributed by atoms with Crippen molar-refractivity contribution in [3.63, 3.8) is 0 Å². The molecule has 2 unspecified atom stereocenters. The Balaban J connectivity index is 1.45. The Morgan fingerprint density at radius 1 is 1.30 bits per heavy atom. The molecule has 0 aliphatic carbocycles. The molecule has 3 aliphatic rings. The monoisotopic (exact) mass is 383 g/mol. The van der Waals surface area contributed by atoms with Crippen molar-refractivity contribution in [2.45, 2.75) is 36.3 Å². The third-order valence-electron chi connectivity index (χ3n) is 5.61. The molecule has 0 saturated carbocycles. The lowest BCUT2D eigenvalue weighted by molar-refractivity contribution is -0.0741. The smallest absolute Gasteiger partial charge is 0.411 e. The molecule has 6 heteroatoms. The summed E-state index contributed by atoms with van der Waals surface area (Å²) in [6.07, 6.45) is 8.36. The van der Waals surface area contributed by atoms with Gasteiger partial charge in [0, 0.05) is 28.9 Å². The van der Waals surface area contributed by atoms with Gasteiger partial charge in [-0.3, -0.25) is 15.2 Å². The Bertz CT molecular complexity index is 778. The molecule has 1 amide bonds. The maximum absolute atomic E-state index is 12.6. The quantitative estimate of drug-likeness (QED) is 0.789. The van der Waals surface area contributed by atoms with E-state index < -0.39 is 0 Å². The van der Waals surface area contributed by atoms with Gasteiger partial charge in [-0.05, 0) is 68.4 Å². The number of ether oxygens (including phenoxy) is 1. The van der Waals surface area contributed by atoms with Crippen LogP contribution < -0.4 is 5.32 Å². The van der Waals surface area contributed by atoms with E-state index in [2.05, 4.69) is 21.3 Å². The maximum Gasteiger partial charge on any atom is 0.411 e. The second kappa shape index (κ2) is 8.31. The normalized spacial score (nSPS) is 26.6. The lowest BCUT2D eigenvalue weighted by atomic mass is 9.78. The molecule has 0 spiro atoms. The van der Waals surface area contributed by atoms with E-state index in [-0.39, 0.29) is 18.2 Å². The number of nitrogens with one attached hydrogen (secondary N) is 1. The number of amides is 1. The highest BCUT2D eigenvalue weighted by molar-refractivity contribution is 7.98. The zero-order valence-corrected chi connectivity index (χ0v) is 16.3. The molecular formula is C21H25N3O2S. The summed E-state index contributed by atoms with van der Waals surface area (Å²) in [6.45, 7) is 2.18. The summed E-state index contributed by atoms with van der Waals surface area (Å²) in [4.78, 5) is 20.4. The number of rotatable bonds is 5. The molecule has 2 bridgehead atoms. The molecule has 1 aromatic heterocycles. The molecule has 2 aromatic rings. The molecule has 1 N–H and O–H groups in total. The Morgan fingerprint density at radius 2 is 2.15 bits per heavy atom. The number of anilines is 1. The Labute approximate surface area is 164 Å². The van der Waals surface area contributed by atoms with Gasteiger partial charge in [0.2, 0.25) is 0 Å². The lowest BCUT2D eigenvalue weighted by Gasteiger charge is -2.50. The Morgan fingerprint density at radius 3 is 2.89 bits per heavy atom. The van der Waals surface area contributed by atoms with Gasteiger partial charge in [-0.1, -0.05) is 12.1 Å². The number of hydrogen-bond donors (Lipinski definition) is 1. The van der Waals surface area contributed by atoms with Crippen LogP contribution in [-0.2, 0) is 11.2 Å². The highest BCUT2D eigenvalue weighted by Gasteiger charge is 2.44. The molecular weight excluding hydrogens is 358 g/mol. The molecule has 3 fully saturated rings. The van der Waals surface area contributed by atoms with Crippen molar-refractivity contribution < 1.29 is 9.53 Å². The first-order valence-electron chi connectivity index (χ1n) is 9.47. The van der Waals surface area contributed by atoms with Crippen molar-refractivity contribution >= 4 is 23.5 Å². The van der Waals surface area contributed by atoms with Crippen LogP contribution >= 0.6 is 11.8 Å². The summed E-state index contributed by atoms with van der Waals surface area (Å²) in [7, 11) is 0. The fourth-order valence-electron chi connectivity index (χ4n) is 4.25. The van der Waals surface area contributed by atoms with Crippen LogP contribution in [0.4, 0.5) is 10.5 Å². The minimum atomic E-state index is -0.358. The zero-order chi connectivity index (χ0) is 18.6. The van der Waals surface area contributed by atoms with Crippen LogP contribution in [0, 0.1) is 5.92 Å². The predicted octanol–water partition coefficient (Wildman–Crippen LogP) is 4.06. The summed E-state index contributed by atoms with van der Waals surface area (Å²) in [5.74, 6) is 0.444. The highest BCUT2D eigenvalue weighted by atomic mass is 32.2. The van der Waals surface area contributed by atoms with E-state index >= 15 is 0 Å². The summed E-state index contributed by atoms with van der Waals surface area (Å²) in [6, 6.07) is 12.1. The highest BCUT2D eigenvalue weighted by Crippen LogP contribution is 2.36. The summed E-state index contributed by atoms with van der Waals surface area (Å²) in [5.41, 5.74) is 1.97. The number of nitrogens with zero attached hydrogens (tertiary/aromatic N) is 2. The fraction of sp³-hybridized carbons (Fsp3) is 0.429. The Hall–Kier alpha value is -2.05. The van der Waals surface area contributed by atoms with Gasteiger partial charge in [-0.25, -0.2) is 4.79 Å². The molecule has 142 valence electrons. The van der Waals surface area contributed by atoms with Crippen LogP contribution in [0.15, 0.2) is 53.7 Å². The molecule has 0 radical (unpaired) electrons. The van der Waals surface area contributed by atoms with Crippen LogP contribution in [0.25, 0.3) is 0 Å². The van der Waals surface area contributed by atoms with Crippen molar-refractivity contribution in [1.82, 2.24) is 9.88 Å². The number of carbonyl (C=O) groups excluding carboxylic acids is 1. The number of hydrogen-bond acceptors (Lipinski definition) is 5. The first kappa shape index (κ1) is 18.3. The molecule has 2 atom stereocenters. The van der Waals surface area contributed by atoms with Crippen LogP contribution in [0.2, 0.25) is 0 Å². The van der Waals surface area contributed by atoms with E-state index in [4.69, 9.17) is 4.74 Å².